The zero-order valence-electron chi connectivity index (χ0n) is 17.5. The van der Waals surface area contributed by atoms with Crippen molar-refractivity contribution < 1.29 is 14.3 Å². The van der Waals surface area contributed by atoms with Crippen molar-refractivity contribution in [2.45, 2.75) is 6.92 Å². The van der Waals surface area contributed by atoms with Crippen molar-refractivity contribution in [1.29, 1.82) is 0 Å². The molecule has 0 spiro atoms. The quantitative estimate of drug-likeness (QED) is 0.582. The number of piperazine rings is 1. The molecule has 3 aromatic rings. The maximum atomic E-state index is 12.5. The molecular formula is C23H25N5O3. The number of nitrogens with zero attached hydrogens (tertiary/aromatic N) is 5. The molecule has 0 atom stereocenters. The van der Waals surface area contributed by atoms with Crippen molar-refractivity contribution in [3.8, 4) is 22.8 Å². The number of aromatic nitrogens is 3. The van der Waals surface area contributed by atoms with Gasteiger partial charge in [-0.05, 0) is 55.5 Å². The van der Waals surface area contributed by atoms with Crippen LogP contribution in [0.5, 0.6) is 11.5 Å². The van der Waals surface area contributed by atoms with Crippen LogP contribution in [0.25, 0.3) is 11.3 Å². The fourth-order valence-electron chi connectivity index (χ4n) is 3.38. The monoisotopic (exact) mass is 419 g/mol. The highest BCUT2D eigenvalue weighted by molar-refractivity contribution is 5.78. The summed E-state index contributed by atoms with van der Waals surface area (Å²) in [5.74, 6) is 2.23. The van der Waals surface area contributed by atoms with E-state index >= 15 is 0 Å². The molecule has 3 heterocycles. The topological polar surface area (TPSA) is 80.7 Å². The zero-order chi connectivity index (χ0) is 21.5. The van der Waals surface area contributed by atoms with Crippen LogP contribution in [-0.2, 0) is 4.79 Å². The number of carbonyl (C=O) groups excluding carboxylic acids is 1. The first kappa shape index (κ1) is 20.6. The lowest BCUT2D eigenvalue weighted by Gasteiger charge is -2.35. The highest BCUT2D eigenvalue weighted by Gasteiger charge is 2.22. The average molecular weight is 419 g/mol. The standard InChI is InChI=1S/C23H25N5O3/c1-2-30-19-5-7-20(8-6-19)31-17-23(29)28-14-12-27(13-15-28)22-10-9-21(25-26-22)18-4-3-11-24-16-18/h3-11,16H,2,12-15,17H2,1H3. The van der Waals surface area contributed by atoms with Gasteiger partial charge in [0.2, 0.25) is 0 Å². The Hall–Kier alpha value is -3.68. The number of benzene rings is 1. The summed E-state index contributed by atoms with van der Waals surface area (Å²) in [6.07, 6.45) is 3.50. The zero-order valence-corrected chi connectivity index (χ0v) is 17.5. The SMILES string of the molecule is CCOc1ccc(OCC(=O)N2CCN(c3ccc(-c4cccnc4)nn3)CC2)cc1. The number of rotatable bonds is 7. The Labute approximate surface area is 181 Å². The van der Waals surface area contributed by atoms with Gasteiger partial charge in [0, 0.05) is 44.1 Å². The van der Waals surface area contributed by atoms with Crippen molar-refractivity contribution in [3.05, 3.63) is 60.9 Å². The van der Waals surface area contributed by atoms with Gasteiger partial charge in [-0.3, -0.25) is 9.78 Å². The van der Waals surface area contributed by atoms with Crippen molar-refractivity contribution >= 4 is 11.7 Å². The van der Waals surface area contributed by atoms with Crippen LogP contribution in [0.1, 0.15) is 6.92 Å². The van der Waals surface area contributed by atoms with E-state index in [1.165, 1.54) is 0 Å². The van der Waals surface area contributed by atoms with Crippen LogP contribution in [0.4, 0.5) is 5.82 Å². The first-order valence-electron chi connectivity index (χ1n) is 10.4. The molecule has 31 heavy (non-hydrogen) atoms. The third kappa shape index (κ3) is 5.28. The van der Waals surface area contributed by atoms with Crippen molar-refractivity contribution in [2.24, 2.45) is 0 Å². The molecule has 1 aliphatic heterocycles. The molecule has 0 N–H and O–H groups in total. The predicted molar refractivity (Wildman–Crippen MR) is 117 cm³/mol. The smallest absolute Gasteiger partial charge is 0.260 e. The number of amides is 1. The summed E-state index contributed by atoms with van der Waals surface area (Å²) in [6.45, 7) is 5.23. The van der Waals surface area contributed by atoms with Gasteiger partial charge < -0.3 is 19.3 Å². The molecule has 0 unspecified atom stereocenters. The van der Waals surface area contributed by atoms with Gasteiger partial charge >= 0.3 is 0 Å². The number of anilines is 1. The molecule has 1 fully saturated rings. The van der Waals surface area contributed by atoms with Crippen molar-refractivity contribution in [3.63, 3.8) is 0 Å². The average Bonchev–Trinajstić information content (AvgIpc) is 2.84. The number of ether oxygens (including phenoxy) is 2. The van der Waals surface area contributed by atoms with Gasteiger partial charge in [-0.25, -0.2) is 0 Å². The lowest BCUT2D eigenvalue weighted by atomic mass is 10.2. The largest absolute Gasteiger partial charge is 0.494 e. The molecule has 1 aliphatic rings. The van der Waals surface area contributed by atoms with Gasteiger partial charge in [-0.1, -0.05) is 0 Å². The minimum atomic E-state index is -0.0217. The van der Waals surface area contributed by atoms with E-state index in [4.69, 9.17) is 9.47 Å². The summed E-state index contributed by atoms with van der Waals surface area (Å²) in [5, 5.41) is 8.67. The Bertz CT molecular complexity index is 972. The van der Waals surface area contributed by atoms with Crippen LogP contribution in [0, 0.1) is 0 Å². The Morgan fingerprint density at radius 2 is 1.68 bits per heavy atom. The molecule has 8 heteroatoms. The van der Waals surface area contributed by atoms with Crippen LogP contribution in [-0.4, -0.2) is 65.4 Å². The van der Waals surface area contributed by atoms with Gasteiger partial charge in [0.25, 0.3) is 5.91 Å². The Morgan fingerprint density at radius 3 is 2.29 bits per heavy atom. The van der Waals surface area contributed by atoms with Gasteiger partial charge in [0.15, 0.2) is 12.4 Å². The van der Waals surface area contributed by atoms with E-state index in [0.717, 1.165) is 22.8 Å². The number of carbonyl (C=O) groups is 1. The van der Waals surface area contributed by atoms with E-state index in [0.29, 0.717) is 38.5 Å². The second-order valence-corrected chi connectivity index (χ2v) is 7.08. The first-order valence-corrected chi connectivity index (χ1v) is 10.4. The summed E-state index contributed by atoms with van der Waals surface area (Å²) in [6, 6.07) is 15.0. The molecule has 4 rings (SSSR count). The molecule has 2 aromatic heterocycles. The van der Waals surface area contributed by atoms with E-state index in [1.807, 2.05) is 60.4 Å². The van der Waals surface area contributed by atoms with Crippen LogP contribution in [0.15, 0.2) is 60.9 Å². The summed E-state index contributed by atoms with van der Waals surface area (Å²) < 4.78 is 11.0. The fraction of sp³-hybridized carbons (Fsp3) is 0.304. The highest BCUT2D eigenvalue weighted by Crippen LogP contribution is 2.19. The van der Waals surface area contributed by atoms with Crippen LogP contribution in [0.2, 0.25) is 0 Å². The molecule has 0 saturated carbocycles. The normalized spacial score (nSPS) is 13.7. The fourth-order valence-corrected chi connectivity index (χ4v) is 3.38. The lowest BCUT2D eigenvalue weighted by Crippen LogP contribution is -2.50. The van der Waals surface area contributed by atoms with Gasteiger partial charge in [0.1, 0.15) is 11.5 Å². The summed E-state index contributed by atoms with van der Waals surface area (Å²) in [4.78, 5) is 20.6. The summed E-state index contributed by atoms with van der Waals surface area (Å²) in [7, 11) is 0. The molecule has 8 nitrogen and oxygen atoms in total. The van der Waals surface area contributed by atoms with Crippen molar-refractivity contribution in [2.75, 3.05) is 44.3 Å². The first-order chi connectivity index (χ1) is 15.2. The number of pyridine rings is 1. The van der Waals surface area contributed by atoms with Gasteiger partial charge in [-0.2, -0.15) is 0 Å². The van der Waals surface area contributed by atoms with Gasteiger partial charge in [-0.15, -0.1) is 10.2 Å². The second-order valence-electron chi connectivity index (χ2n) is 7.08. The number of hydrogen-bond donors (Lipinski definition) is 0. The lowest BCUT2D eigenvalue weighted by molar-refractivity contribution is -0.133. The second kappa shape index (κ2) is 9.88. The van der Waals surface area contributed by atoms with Crippen LogP contribution >= 0.6 is 0 Å². The third-order valence-electron chi connectivity index (χ3n) is 5.06. The molecule has 1 amide bonds. The molecule has 0 bridgehead atoms. The Kier molecular flexibility index (Phi) is 6.56. The molecular weight excluding hydrogens is 394 g/mol. The van der Waals surface area contributed by atoms with E-state index in [-0.39, 0.29) is 12.5 Å². The molecule has 1 saturated heterocycles. The highest BCUT2D eigenvalue weighted by atomic mass is 16.5. The minimum Gasteiger partial charge on any atom is -0.494 e. The predicted octanol–water partition coefficient (Wildman–Crippen LogP) is 2.66. The molecule has 0 aliphatic carbocycles. The van der Waals surface area contributed by atoms with E-state index in [1.54, 1.807) is 12.4 Å². The molecule has 0 radical (unpaired) electrons. The Balaban J connectivity index is 1.25. The van der Waals surface area contributed by atoms with Gasteiger partial charge in [0.05, 0.1) is 12.3 Å². The molecule has 160 valence electrons. The summed E-state index contributed by atoms with van der Waals surface area (Å²) >= 11 is 0. The van der Waals surface area contributed by atoms with E-state index < -0.39 is 0 Å². The minimum absolute atomic E-state index is 0.0214. The summed E-state index contributed by atoms with van der Waals surface area (Å²) in [5.41, 5.74) is 1.72. The van der Waals surface area contributed by atoms with E-state index in [9.17, 15) is 4.79 Å². The van der Waals surface area contributed by atoms with Crippen LogP contribution in [0.3, 0.4) is 0 Å². The maximum absolute atomic E-state index is 12.5. The number of hydrogen-bond acceptors (Lipinski definition) is 7. The van der Waals surface area contributed by atoms with Crippen molar-refractivity contribution in [1.82, 2.24) is 20.1 Å². The van der Waals surface area contributed by atoms with Crippen LogP contribution < -0.4 is 14.4 Å². The Morgan fingerprint density at radius 1 is 0.935 bits per heavy atom. The third-order valence-corrected chi connectivity index (χ3v) is 5.06. The molecule has 1 aromatic carbocycles. The van der Waals surface area contributed by atoms with E-state index in [2.05, 4.69) is 20.1 Å². The maximum Gasteiger partial charge on any atom is 0.260 e.